The Labute approximate surface area is 207 Å². The molecule has 0 aliphatic heterocycles. The number of para-hydroxylation sites is 1. The van der Waals surface area contributed by atoms with Gasteiger partial charge in [0.1, 0.15) is 29.6 Å². The van der Waals surface area contributed by atoms with Crippen molar-refractivity contribution in [2.45, 2.75) is 11.8 Å². The van der Waals surface area contributed by atoms with Crippen molar-refractivity contribution in [2.24, 2.45) is 0 Å². The highest BCUT2D eigenvalue weighted by Crippen LogP contribution is 2.32. The molecule has 0 aliphatic carbocycles. The highest BCUT2D eigenvalue weighted by molar-refractivity contribution is 7.99. The van der Waals surface area contributed by atoms with Crippen molar-refractivity contribution < 1.29 is 23.7 Å². The first-order valence-electron chi connectivity index (χ1n) is 10.8. The summed E-state index contributed by atoms with van der Waals surface area (Å²) in [6, 6.07) is 22.0. The smallest absolute Gasteiger partial charge is 0.196 e. The summed E-state index contributed by atoms with van der Waals surface area (Å²) in [5.41, 5.74) is 1.31. The van der Waals surface area contributed by atoms with E-state index in [0.29, 0.717) is 45.2 Å². The number of ketones is 1. The molecule has 0 saturated carbocycles. The molecule has 4 rings (SSSR count). The van der Waals surface area contributed by atoms with Crippen LogP contribution in [0.1, 0.15) is 16.2 Å². The minimum Gasteiger partial charge on any atom is -0.497 e. The van der Waals surface area contributed by atoms with Gasteiger partial charge >= 0.3 is 0 Å². The Kier molecular flexibility index (Phi) is 7.89. The number of Topliss-reactive ketones (excluding diaryl/α,β-unsaturated/α-hetero) is 1. The van der Waals surface area contributed by atoms with E-state index in [1.54, 1.807) is 51.7 Å². The van der Waals surface area contributed by atoms with E-state index in [1.807, 2.05) is 47.0 Å². The summed E-state index contributed by atoms with van der Waals surface area (Å²) in [7, 11) is 4.77. The zero-order valence-electron chi connectivity index (χ0n) is 19.6. The molecule has 35 heavy (non-hydrogen) atoms. The molecule has 0 radical (unpaired) electrons. The average molecular weight is 492 g/mol. The van der Waals surface area contributed by atoms with E-state index in [0.717, 1.165) is 0 Å². The third kappa shape index (κ3) is 5.75. The number of carbonyl (C=O) groups is 1. The summed E-state index contributed by atoms with van der Waals surface area (Å²) in [4.78, 5) is 12.8. The van der Waals surface area contributed by atoms with Gasteiger partial charge in [0.2, 0.25) is 0 Å². The van der Waals surface area contributed by atoms with Gasteiger partial charge in [-0.05, 0) is 48.5 Å². The van der Waals surface area contributed by atoms with Crippen molar-refractivity contribution in [2.75, 3.05) is 27.1 Å². The molecule has 8 nitrogen and oxygen atoms in total. The molecule has 9 heteroatoms. The standard InChI is InChI=1S/C26H25N3O5S/c1-31-19-11-9-18(10-12-19)23(30)17-35-26-28-27-25(16-34-20-7-5-4-6-8-20)29(26)22-14-13-21(32-2)15-24(22)33-3/h4-15H,16-17H2,1-3H3. The number of hydrogen-bond donors (Lipinski definition) is 0. The summed E-state index contributed by atoms with van der Waals surface area (Å²) < 4.78 is 23.9. The van der Waals surface area contributed by atoms with Crippen LogP contribution in [0, 0.1) is 0 Å². The van der Waals surface area contributed by atoms with Crippen molar-refractivity contribution in [1.82, 2.24) is 14.8 Å². The minimum atomic E-state index is -0.0315. The monoisotopic (exact) mass is 491 g/mol. The third-order valence-electron chi connectivity index (χ3n) is 5.18. The molecule has 180 valence electrons. The van der Waals surface area contributed by atoms with E-state index in [-0.39, 0.29) is 18.1 Å². The van der Waals surface area contributed by atoms with Crippen LogP contribution in [0.25, 0.3) is 5.69 Å². The lowest BCUT2D eigenvalue weighted by Crippen LogP contribution is -2.09. The van der Waals surface area contributed by atoms with Crippen LogP contribution in [0.4, 0.5) is 0 Å². The number of rotatable bonds is 11. The van der Waals surface area contributed by atoms with Gasteiger partial charge in [-0.15, -0.1) is 10.2 Å². The van der Waals surface area contributed by atoms with Gasteiger partial charge in [0.15, 0.2) is 16.8 Å². The molecule has 0 N–H and O–H groups in total. The molecule has 4 aromatic rings. The van der Waals surface area contributed by atoms with Gasteiger partial charge in [0.25, 0.3) is 0 Å². The SMILES string of the molecule is COc1ccc(C(=O)CSc2nnc(COc3ccccc3)n2-c2ccc(OC)cc2OC)cc1. The highest BCUT2D eigenvalue weighted by atomic mass is 32.2. The number of thioether (sulfide) groups is 1. The number of nitrogens with zero attached hydrogens (tertiary/aromatic N) is 3. The fourth-order valence-corrected chi connectivity index (χ4v) is 4.21. The van der Waals surface area contributed by atoms with Gasteiger partial charge < -0.3 is 18.9 Å². The molecule has 0 saturated heterocycles. The molecule has 0 unspecified atom stereocenters. The quantitative estimate of drug-likeness (QED) is 0.218. The molecule has 0 bridgehead atoms. The van der Waals surface area contributed by atoms with Crippen LogP contribution in [-0.4, -0.2) is 47.6 Å². The molecule has 3 aromatic carbocycles. The second-order valence-electron chi connectivity index (χ2n) is 7.31. The van der Waals surface area contributed by atoms with Crippen molar-refractivity contribution in [1.29, 1.82) is 0 Å². The predicted molar refractivity (Wildman–Crippen MR) is 133 cm³/mol. The summed E-state index contributed by atoms with van der Waals surface area (Å²) in [5.74, 6) is 3.37. The van der Waals surface area contributed by atoms with E-state index in [1.165, 1.54) is 11.8 Å². The second-order valence-corrected chi connectivity index (χ2v) is 8.26. The Morgan fingerprint density at radius 3 is 2.23 bits per heavy atom. The maximum Gasteiger partial charge on any atom is 0.196 e. The Balaban J connectivity index is 1.62. The van der Waals surface area contributed by atoms with Crippen LogP contribution in [0.3, 0.4) is 0 Å². The van der Waals surface area contributed by atoms with Crippen molar-refractivity contribution in [3.05, 3.63) is 84.2 Å². The first-order valence-corrected chi connectivity index (χ1v) is 11.8. The fraction of sp³-hybridized carbons (Fsp3) is 0.192. The van der Waals surface area contributed by atoms with Crippen LogP contribution in [0.15, 0.2) is 78.0 Å². The van der Waals surface area contributed by atoms with Gasteiger partial charge in [-0.2, -0.15) is 0 Å². The van der Waals surface area contributed by atoms with E-state index in [4.69, 9.17) is 18.9 Å². The molecule has 1 heterocycles. The summed E-state index contributed by atoms with van der Waals surface area (Å²) in [5, 5.41) is 9.25. The van der Waals surface area contributed by atoms with E-state index in [9.17, 15) is 4.79 Å². The van der Waals surface area contributed by atoms with Crippen molar-refractivity contribution in [3.63, 3.8) is 0 Å². The highest BCUT2D eigenvalue weighted by Gasteiger charge is 2.20. The largest absolute Gasteiger partial charge is 0.497 e. The number of ether oxygens (including phenoxy) is 4. The Morgan fingerprint density at radius 2 is 1.54 bits per heavy atom. The summed E-state index contributed by atoms with van der Waals surface area (Å²) in [6.45, 7) is 0.180. The molecule has 0 amide bonds. The van der Waals surface area contributed by atoms with Gasteiger partial charge in [0, 0.05) is 11.6 Å². The van der Waals surface area contributed by atoms with Crippen LogP contribution < -0.4 is 18.9 Å². The van der Waals surface area contributed by atoms with Crippen LogP contribution in [-0.2, 0) is 6.61 Å². The lowest BCUT2D eigenvalue weighted by atomic mass is 10.1. The maximum absolute atomic E-state index is 12.8. The number of hydrogen-bond acceptors (Lipinski definition) is 8. The van der Waals surface area contributed by atoms with Crippen LogP contribution >= 0.6 is 11.8 Å². The Morgan fingerprint density at radius 1 is 0.829 bits per heavy atom. The molecular formula is C26H25N3O5S. The zero-order valence-corrected chi connectivity index (χ0v) is 20.5. The summed E-state index contributed by atoms with van der Waals surface area (Å²) >= 11 is 1.29. The average Bonchev–Trinajstić information content (AvgIpc) is 3.33. The topological polar surface area (TPSA) is 84.7 Å². The second kappa shape index (κ2) is 11.4. The van der Waals surface area contributed by atoms with Gasteiger partial charge in [0.05, 0.1) is 32.8 Å². The molecule has 0 aliphatic rings. The van der Waals surface area contributed by atoms with E-state index < -0.39 is 0 Å². The maximum atomic E-state index is 12.8. The minimum absolute atomic E-state index is 0.0315. The number of aromatic nitrogens is 3. The van der Waals surface area contributed by atoms with E-state index in [2.05, 4.69) is 10.2 Å². The van der Waals surface area contributed by atoms with Gasteiger partial charge in [-0.1, -0.05) is 30.0 Å². The normalized spacial score (nSPS) is 10.6. The molecule has 0 spiro atoms. The molecule has 0 fully saturated rings. The predicted octanol–water partition coefficient (Wildman–Crippen LogP) is 4.85. The Bertz CT molecular complexity index is 1280. The fourth-order valence-electron chi connectivity index (χ4n) is 3.35. The van der Waals surface area contributed by atoms with Crippen LogP contribution in [0.5, 0.6) is 23.0 Å². The van der Waals surface area contributed by atoms with Crippen LogP contribution in [0.2, 0.25) is 0 Å². The molecule has 1 aromatic heterocycles. The number of carbonyl (C=O) groups excluding carboxylic acids is 1. The molecule has 0 atom stereocenters. The van der Waals surface area contributed by atoms with Crippen molar-refractivity contribution >= 4 is 17.5 Å². The molecular weight excluding hydrogens is 466 g/mol. The zero-order chi connectivity index (χ0) is 24.6. The van der Waals surface area contributed by atoms with Crippen molar-refractivity contribution in [3.8, 4) is 28.7 Å². The lowest BCUT2D eigenvalue weighted by molar-refractivity contribution is 0.102. The first kappa shape index (κ1) is 24.2. The first-order chi connectivity index (χ1) is 17.1. The number of methoxy groups -OCH3 is 3. The van der Waals surface area contributed by atoms with Gasteiger partial charge in [-0.25, -0.2) is 0 Å². The summed E-state index contributed by atoms with van der Waals surface area (Å²) in [6.07, 6.45) is 0. The number of benzene rings is 3. The lowest BCUT2D eigenvalue weighted by Gasteiger charge is -2.15. The third-order valence-corrected chi connectivity index (χ3v) is 6.11. The van der Waals surface area contributed by atoms with E-state index >= 15 is 0 Å². The Hall–Kier alpha value is -3.98. The van der Waals surface area contributed by atoms with Gasteiger partial charge in [-0.3, -0.25) is 9.36 Å².